The fourth-order valence-electron chi connectivity index (χ4n) is 2.50. The highest BCUT2D eigenvalue weighted by atomic mass is 19.2. The minimum atomic E-state index is -0.946. The first-order valence-corrected chi connectivity index (χ1v) is 6.58. The van der Waals surface area contributed by atoms with E-state index in [0.717, 1.165) is 23.9 Å². The highest BCUT2D eigenvalue weighted by Gasteiger charge is 2.19. The molecular weight excluding hydrogens is 276 g/mol. The van der Waals surface area contributed by atoms with Crippen LogP contribution in [0.4, 0.5) is 14.5 Å². The molecule has 1 aliphatic heterocycles. The van der Waals surface area contributed by atoms with Crippen molar-refractivity contribution in [1.29, 1.82) is 0 Å². The Hall–Kier alpha value is -2.63. The molecule has 0 fully saturated rings. The lowest BCUT2D eigenvalue weighted by molar-refractivity contribution is 0.324. The summed E-state index contributed by atoms with van der Waals surface area (Å²) in [5.74, 6) is -0.730. The normalized spacial score (nSPS) is 13.6. The summed E-state index contributed by atoms with van der Waals surface area (Å²) in [6.45, 7) is 1.28. The summed E-state index contributed by atoms with van der Waals surface area (Å²) in [7, 11) is 0. The summed E-state index contributed by atoms with van der Waals surface area (Å²) < 4.78 is 32.7. The van der Waals surface area contributed by atoms with Crippen LogP contribution in [0.5, 0.6) is 5.75 Å². The zero-order valence-electron chi connectivity index (χ0n) is 10.9. The molecular formula is C15H11F2N3O. The van der Waals surface area contributed by atoms with Gasteiger partial charge in [-0.05, 0) is 24.3 Å². The Morgan fingerprint density at radius 3 is 2.95 bits per heavy atom. The number of para-hydroxylation sites is 1. The number of halogens is 2. The minimum Gasteiger partial charge on any atom is -0.489 e. The maximum absolute atomic E-state index is 13.8. The van der Waals surface area contributed by atoms with Gasteiger partial charge in [-0.1, -0.05) is 6.07 Å². The number of hydrogen-bond acceptors (Lipinski definition) is 3. The smallest absolute Gasteiger partial charge is 0.186 e. The van der Waals surface area contributed by atoms with Crippen molar-refractivity contribution in [3.05, 3.63) is 42.0 Å². The van der Waals surface area contributed by atoms with Gasteiger partial charge in [-0.2, -0.15) is 0 Å². The van der Waals surface area contributed by atoms with Gasteiger partial charge >= 0.3 is 0 Å². The van der Waals surface area contributed by atoms with Crippen LogP contribution in [-0.4, -0.2) is 23.1 Å². The second-order valence-electron chi connectivity index (χ2n) is 4.80. The number of hydrogen-bond donors (Lipinski definition) is 2. The third-order valence-electron chi connectivity index (χ3n) is 3.48. The van der Waals surface area contributed by atoms with E-state index >= 15 is 0 Å². The van der Waals surface area contributed by atoms with Crippen molar-refractivity contribution in [2.24, 2.45) is 0 Å². The number of H-pyrrole nitrogens is 1. The molecule has 0 atom stereocenters. The number of nitrogens with zero attached hydrogens (tertiary/aromatic N) is 1. The molecule has 2 heterocycles. The van der Waals surface area contributed by atoms with E-state index in [1.807, 2.05) is 18.2 Å². The fourth-order valence-corrected chi connectivity index (χ4v) is 2.50. The first-order chi connectivity index (χ1) is 10.2. The molecule has 0 bridgehead atoms. The molecule has 0 aliphatic carbocycles. The molecule has 4 rings (SSSR count). The molecule has 21 heavy (non-hydrogen) atoms. The number of imidazole rings is 1. The Balaban J connectivity index is 1.93. The molecule has 1 aliphatic rings. The van der Waals surface area contributed by atoms with E-state index < -0.39 is 11.6 Å². The molecule has 3 aromatic rings. The predicted molar refractivity (Wildman–Crippen MR) is 75.4 cm³/mol. The number of benzene rings is 2. The molecule has 0 saturated heterocycles. The summed E-state index contributed by atoms with van der Waals surface area (Å²) in [5, 5.41) is 3.23. The first-order valence-electron chi connectivity index (χ1n) is 6.58. The molecule has 106 valence electrons. The lowest BCUT2D eigenvalue weighted by Gasteiger charge is -2.20. The summed E-state index contributed by atoms with van der Waals surface area (Å²) in [6, 6.07) is 8.15. The van der Waals surface area contributed by atoms with Gasteiger partial charge in [-0.3, -0.25) is 0 Å². The van der Waals surface area contributed by atoms with Crippen LogP contribution >= 0.6 is 0 Å². The lowest BCUT2D eigenvalue weighted by atomic mass is 10.1. The van der Waals surface area contributed by atoms with Crippen LogP contribution < -0.4 is 10.1 Å². The van der Waals surface area contributed by atoms with E-state index in [9.17, 15) is 8.78 Å². The third kappa shape index (κ3) is 1.83. The average Bonchev–Trinajstić information content (AvgIpc) is 2.95. The third-order valence-corrected chi connectivity index (χ3v) is 3.48. The molecule has 1 aromatic heterocycles. The van der Waals surface area contributed by atoms with Gasteiger partial charge in [0.1, 0.15) is 17.9 Å². The maximum atomic E-state index is 13.8. The van der Waals surface area contributed by atoms with Crippen molar-refractivity contribution < 1.29 is 13.5 Å². The second-order valence-corrected chi connectivity index (χ2v) is 4.80. The van der Waals surface area contributed by atoms with Gasteiger partial charge < -0.3 is 15.0 Å². The number of nitrogens with one attached hydrogen (secondary N) is 2. The lowest BCUT2D eigenvalue weighted by Crippen LogP contribution is -2.18. The quantitative estimate of drug-likeness (QED) is 0.722. The van der Waals surface area contributed by atoms with Crippen molar-refractivity contribution in [3.8, 4) is 17.1 Å². The van der Waals surface area contributed by atoms with Crippen LogP contribution in [0.15, 0.2) is 30.3 Å². The van der Waals surface area contributed by atoms with E-state index in [1.165, 1.54) is 6.07 Å². The standard InChI is InChI=1S/C15H11F2N3O/c16-9-4-5-10-13(12(9)17)20-15(19-10)8-2-1-3-11-14(8)21-7-6-18-11/h1-5,18H,6-7H2,(H,19,20). The Bertz CT molecular complexity index is 844. The highest BCUT2D eigenvalue weighted by molar-refractivity contribution is 5.83. The van der Waals surface area contributed by atoms with Crippen LogP contribution in [0.1, 0.15) is 0 Å². The topological polar surface area (TPSA) is 49.9 Å². The largest absolute Gasteiger partial charge is 0.489 e. The van der Waals surface area contributed by atoms with E-state index in [4.69, 9.17) is 4.74 Å². The fraction of sp³-hybridized carbons (Fsp3) is 0.133. The van der Waals surface area contributed by atoms with Crippen molar-refractivity contribution in [2.45, 2.75) is 0 Å². The molecule has 0 saturated carbocycles. The molecule has 6 heteroatoms. The van der Waals surface area contributed by atoms with E-state index in [-0.39, 0.29) is 5.52 Å². The molecule has 0 radical (unpaired) electrons. The minimum absolute atomic E-state index is 0.00799. The SMILES string of the molecule is Fc1ccc2[nH]c(-c3cccc4c3OCCN4)nc2c1F. The van der Waals surface area contributed by atoms with Gasteiger partial charge in [0.15, 0.2) is 17.4 Å². The molecule has 2 N–H and O–H groups in total. The monoisotopic (exact) mass is 287 g/mol. The summed E-state index contributed by atoms with van der Waals surface area (Å²) in [6.07, 6.45) is 0. The number of aromatic nitrogens is 2. The van der Waals surface area contributed by atoms with Gasteiger partial charge in [0, 0.05) is 6.54 Å². The van der Waals surface area contributed by atoms with Crippen LogP contribution in [0.3, 0.4) is 0 Å². The van der Waals surface area contributed by atoms with Gasteiger partial charge in [0.05, 0.1) is 16.8 Å². The average molecular weight is 287 g/mol. The Morgan fingerprint density at radius 2 is 2.05 bits per heavy atom. The Labute approximate surface area is 118 Å². The van der Waals surface area contributed by atoms with Crippen molar-refractivity contribution in [2.75, 3.05) is 18.5 Å². The number of aromatic amines is 1. The summed E-state index contributed by atoms with van der Waals surface area (Å²) in [5.41, 5.74) is 2.03. The van der Waals surface area contributed by atoms with E-state index in [1.54, 1.807) is 0 Å². The highest BCUT2D eigenvalue weighted by Crippen LogP contribution is 2.37. The van der Waals surface area contributed by atoms with E-state index in [2.05, 4.69) is 15.3 Å². The van der Waals surface area contributed by atoms with Crippen molar-refractivity contribution in [1.82, 2.24) is 9.97 Å². The van der Waals surface area contributed by atoms with Crippen LogP contribution in [0.25, 0.3) is 22.4 Å². The van der Waals surface area contributed by atoms with Gasteiger partial charge in [0.2, 0.25) is 0 Å². The van der Waals surface area contributed by atoms with E-state index in [0.29, 0.717) is 23.7 Å². The van der Waals surface area contributed by atoms with Crippen LogP contribution in [0, 0.1) is 11.6 Å². The number of rotatable bonds is 1. The molecule has 0 spiro atoms. The molecule has 2 aromatic carbocycles. The Kier molecular flexibility index (Phi) is 2.57. The molecule has 4 nitrogen and oxygen atoms in total. The zero-order chi connectivity index (χ0) is 14.4. The number of fused-ring (bicyclic) bond motifs is 2. The Morgan fingerprint density at radius 1 is 1.14 bits per heavy atom. The van der Waals surface area contributed by atoms with Gasteiger partial charge in [0.25, 0.3) is 0 Å². The molecule has 0 unspecified atom stereocenters. The number of anilines is 1. The number of ether oxygens (including phenoxy) is 1. The van der Waals surface area contributed by atoms with Gasteiger partial charge in [-0.25, -0.2) is 13.8 Å². The van der Waals surface area contributed by atoms with Crippen LogP contribution in [-0.2, 0) is 0 Å². The maximum Gasteiger partial charge on any atom is 0.186 e. The van der Waals surface area contributed by atoms with Crippen molar-refractivity contribution >= 4 is 16.7 Å². The second kappa shape index (κ2) is 4.44. The summed E-state index contributed by atoms with van der Waals surface area (Å²) >= 11 is 0. The zero-order valence-corrected chi connectivity index (χ0v) is 10.9. The predicted octanol–water partition coefficient (Wildman–Crippen LogP) is 3.31. The van der Waals surface area contributed by atoms with Crippen LogP contribution in [0.2, 0.25) is 0 Å². The van der Waals surface area contributed by atoms with Gasteiger partial charge in [-0.15, -0.1) is 0 Å². The first kappa shape index (κ1) is 12.1. The van der Waals surface area contributed by atoms with Crippen molar-refractivity contribution in [3.63, 3.8) is 0 Å². The summed E-state index contributed by atoms with van der Waals surface area (Å²) in [4.78, 5) is 7.18. The molecule has 0 amide bonds.